The summed E-state index contributed by atoms with van der Waals surface area (Å²) < 4.78 is 5.59. The van der Waals surface area contributed by atoms with Crippen molar-refractivity contribution in [2.24, 2.45) is 0 Å². The first-order valence-electron chi connectivity index (χ1n) is 11.7. The lowest BCUT2D eigenvalue weighted by molar-refractivity contribution is -0.167. The lowest BCUT2D eigenvalue weighted by Gasteiger charge is -2.38. The van der Waals surface area contributed by atoms with Crippen LogP contribution in [0.15, 0.2) is 48.5 Å². The number of ether oxygens (including phenoxy) is 1. The Bertz CT molecular complexity index is 1070. The second-order valence-corrected chi connectivity index (χ2v) is 9.48. The average molecular weight is 482 g/mol. The number of hydrogen-bond acceptors (Lipinski definition) is 6. The molecular weight excluding hydrogens is 450 g/mol. The van der Waals surface area contributed by atoms with Gasteiger partial charge in [-0.15, -0.1) is 0 Å². The summed E-state index contributed by atoms with van der Waals surface area (Å²) >= 11 is 0. The molecule has 1 fully saturated rings. The summed E-state index contributed by atoms with van der Waals surface area (Å²) in [7, 11) is 3.53. The number of rotatable bonds is 7. The molecule has 9 heteroatoms. The number of carboxylic acid groups (broad SMARTS) is 1. The van der Waals surface area contributed by atoms with Crippen molar-refractivity contribution in [3.8, 4) is 11.1 Å². The topological polar surface area (TPSA) is 119 Å². The Morgan fingerprint density at radius 2 is 1.71 bits per heavy atom. The van der Waals surface area contributed by atoms with Crippen LogP contribution in [-0.2, 0) is 14.3 Å². The molecule has 186 valence electrons. The number of amides is 2. The van der Waals surface area contributed by atoms with Crippen LogP contribution in [-0.4, -0.2) is 90.0 Å². The van der Waals surface area contributed by atoms with E-state index in [1.165, 1.54) is 4.90 Å². The molecule has 35 heavy (non-hydrogen) atoms. The van der Waals surface area contributed by atoms with Crippen molar-refractivity contribution in [2.45, 2.75) is 30.4 Å². The number of piperidine rings is 1. The van der Waals surface area contributed by atoms with Gasteiger partial charge >= 0.3 is 12.1 Å². The number of nitrogens with one attached hydrogen (secondary N) is 1. The minimum atomic E-state index is -1.99. The van der Waals surface area contributed by atoms with Gasteiger partial charge in [0.2, 0.25) is 5.91 Å². The number of likely N-dealkylation sites (tertiary alicyclic amines) is 1. The van der Waals surface area contributed by atoms with E-state index in [1.807, 2.05) is 36.4 Å². The smallest absolute Gasteiger partial charge is 0.407 e. The molecule has 0 spiro atoms. The molecule has 4 rings (SSSR count). The van der Waals surface area contributed by atoms with E-state index in [0.29, 0.717) is 13.0 Å². The van der Waals surface area contributed by atoms with Crippen LogP contribution in [0.5, 0.6) is 0 Å². The van der Waals surface area contributed by atoms with Crippen molar-refractivity contribution in [1.82, 2.24) is 15.1 Å². The Morgan fingerprint density at radius 1 is 1.11 bits per heavy atom. The fraction of sp³-hybridized carbons (Fsp3) is 0.423. The maximum absolute atomic E-state index is 13.2. The van der Waals surface area contributed by atoms with Crippen LogP contribution in [0.25, 0.3) is 11.1 Å². The normalized spacial score (nSPS) is 20.2. The van der Waals surface area contributed by atoms with Gasteiger partial charge in [0.1, 0.15) is 12.6 Å². The maximum atomic E-state index is 13.2. The molecule has 0 bridgehead atoms. The number of benzene rings is 2. The third-order valence-electron chi connectivity index (χ3n) is 6.66. The largest absolute Gasteiger partial charge is 0.479 e. The van der Waals surface area contributed by atoms with Gasteiger partial charge in [0.15, 0.2) is 5.60 Å². The van der Waals surface area contributed by atoms with Gasteiger partial charge in [0.05, 0.1) is 6.54 Å². The molecule has 1 heterocycles. The molecule has 2 amide bonds. The van der Waals surface area contributed by atoms with E-state index < -0.39 is 29.6 Å². The van der Waals surface area contributed by atoms with Crippen LogP contribution in [0.1, 0.15) is 29.9 Å². The minimum Gasteiger partial charge on any atom is -0.479 e. The Labute approximate surface area is 204 Å². The SMILES string of the molecule is CN(C)CC(NC(=O)OCC1c2ccccc2-c2ccccc21)C(=O)N1CCCC(O)(C(=O)O)C1. The lowest BCUT2D eigenvalue weighted by atomic mass is 9.92. The van der Waals surface area contributed by atoms with Crippen molar-refractivity contribution >= 4 is 18.0 Å². The van der Waals surface area contributed by atoms with Crippen LogP contribution in [0, 0.1) is 0 Å². The summed E-state index contributed by atoms with van der Waals surface area (Å²) in [5.41, 5.74) is 2.43. The lowest BCUT2D eigenvalue weighted by Crippen LogP contribution is -2.60. The Morgan fingerprint density at radius 3 is 2.29 bits per heavy atom. The van der Waals surface area contributed by atoms with Gasteiger partial charge in [0.25, 0.3) is 0 Å². The highest BCUT2D eigenvalue weighted by Gasteiger charge is 2.43. The van der Waals surface area contributed by atoms with E-state index >= 15 is 0 Å². The molecule has 9 nitrogen and oxygen atoms in total. The fourth-order valence-electron chi connectivity index (χ4n) is 4.95. The van der Waals surface area contributed by atoms with Gasteiger partial charge in [-0.2, -0.15) is 0 Å². The molecule has 2 aromatic rings. The first-order chi connectivity index (χ1) is 16.7. The first-order valence-corrected chi connectivity index (χ1v) is 11.7. The molecule has 2 aromatic carbocycles. The Balaban J connectivity index is 1.43. The molecule has 1 aliphatic heterocycles. The van der Waals surface area contributed by atoms with Crippen molar-refractivity contribution in [2.75, 3.05) is 40.3 Å². The molecule has 1 aliphatic carbocycles. The van der Waals surface area contributed by atoms with Gasteiger partial charge in [-0.1, -0.05) is 48.5 Å². The number of carboxylic acids is 1. The van der Waals surface area contributed by atoms with Gasteiger partial charge in [-0.05, 0) is 49.2 Å². The number of nitrogens with zero attached hydrogens (tertiary/aromatic N) is 2. The molecule has 0 aromatic heterocycles. The zero-order chi connectivity index (χ0) is 25.2. The monoisotopic (exact) mass is 481 g/mol. The number of carbonyl (C=O) groups is 3. The van der Waals surface area contributed by atoms with E-state index in [4.69, 9.17) is 4.74 Å². The highest BCUT2D eigenvalue weighted by molar-refractivity contribution is 5.87. The number of aliphatic carboxylic acids is 1. The number of carbonyl (C=O) groups excluding carboxylic acids is 2. The van der Waals surface area contributed by atoms with Gasteiger partial charge in [-0.25, -0.2) is 9.59 Å². The number of likely N-dealkylation sites (N-methyl/N-ethyl adjacent to an activating group) is 1. The summed E-state index contributed by atoms with van der Waals surface area (Å²) in [5, 5.41) is 22.4. The molecule has 2 atom stereocenters. The van der Waals surface area contributed by atoms with E-state index in [1.54, 1.807) is 19.0 Å². The fourth-order valence-corrected chi connectivity index (χ4v) is 4.95. The molecule has 2 unspecified atom stereocenters. The Hall–Kier alpha value is -3.43. The number of aliphatic hydroxyl groups is 1. The number of alkyl carbamates (subject to hydrolysis) is 1. The third kappa shape index (κ3) is 5.16. The van der Waals surface area contributed by atoms with Crippen molar-refractivity contribution < 1.29 is 29.3 Å². The highest BCUT2D eigenvalue weighted by atomic mass is 16.5. The Kier molecular flexibility index (Phi) is 7.09. The molecule has 1 saturated heterocycles. The summed E-state index contributed by atoms with van der Waals surface area (Å²) in [5.74, 6) is -1.92. The second-order valence-electron chi connectivity index (χ2n) is 9.48. The first kappa shape index (κ1) is 24.7. The quantitative estimate of drug-likeness (QED) is 0.553. The zero-order valence-corrected chi connectivity index (χ0v) is 19.9. The number of fused-ring (bicyclic) bond motifs is 3. The standard InChI is InChI=1S/C26H31N3O6/c1-28(2)14-22(23(30)29-13-7-12-26(34,16-29)24(31)32)27-25(33)35-15-21-19-10-5-3-8-17(19)18-9-4-6-11-20(18)21/h3-6,8-11,21-22,34H,7,12-16H2,1-2H3,(H,27,33)(H,31,32). The highest BCUT2D eigenvalue weighted by Crippen LogP contribution is 2.44. The van der Waals surface area contributed by atoms with Gasteiger partial charge in [0, 0.05) is 19.0 Å². The summed E-state index contributed by atoms with van der Waals surface area (Å²) in [4.78, 5) is 40.5. The summed E-state index contributed by atoms with van der Waals surface area (Å²) in [6.45, 7) is 0.304. The van der Waals surface area contributed by atoms with Gasteiger partial charge in [-0.3, -0.25) is 4.79 Å². The molecule has 0 radical (unpaired) electrons. The van der Waals surface area contributed by atoms with Crippen LogP contribution in [0.4, 0.5) is 4.79 Å². The zero-order valence-electron chi connectivity index (χ0n) is 19.9. The minimum absolute atomic E-state index is 0.0737. The van der Waals surface area contributed by atoms with Crippen molar-refractivity contribution in [3.05, 3.63) is 59.7 Å². The van der Waals surface area contributed by atoms with E-state index in [2.05, 4.69) is 17.4 Å². The van der Waals surface area contributed by atoms with E-state index in [9.17, 15) is 24.6 Å². The van der Waals surface area contributed by atoms with Crippen LogP contribution < -0.4 is 5.32 Å². The molecule has 3 N–H and O–H groups in total. The third-order valence-corrected chi connectivity index (χ3v) is 6.66. The predicted octanol–water partition coefficient (Wildman–Crippen LogP) is 1.89. The van der Waals surface area contributed by atoms with Crippen molar-refractivity contribution in [1.29, 1.82) is 0 Å². The van der Waals surface area contributed by atoms with Crippen molar-refractivity contribution in [3.63, 3.8) is 0 Å². The maximum Gasteiger partial charge on any atom is 0.407 e. The molecule has 0 saturated carbocycles. The van der Waals surface area contributed by atoms with Crippen LogP contribution in [0.3, 0.4) is 0 Å². The summed E-state index contributed by atoms with van der Waals surface area (Å²) in [6.07, 6.45) is -0.295. The summed E-state index contributed by atoms with van der Waals surface area (Å²) in [6, 6.07) is 15.1. The van der Waals surface area contributed by atoms with E-state index in [-0.39, 0.29) is 32.0 Å². The van der Waals surface area contributed by atoms with Crippen LogP contribution in [0.2, 0.25) is 0 Å². The van der Waals surface area contributed by atoms with E-state index in [0.717, 1.165) is 22.3 Å². The van der Waals surface area contributed by atoms with Gasteiger partial charge < -0.3 is 30.1 Å². The van der Waals surface area contributed by atoms with Crippen LogP contribution >= 0.6 is 0 Å². The average Bonchev–Trinajstić information content (AvgIpc) is 3.15. The number of hydrogen-bond donors (Lipinski definition) is 3. The number of β-amino-alcohol motifs (C(OH)–C–C–N with tert-alkyl or cyclic N) is 1. The molecular formula is C26H31N3O6. The molecule has 2 aliphatic rings. The predicted molar refractivity (Wildman–Crippen MR) is 129 cm³/mol. The second kappa shape index (κ2) is 10.1.